The minimum Gasteiger partial charge on any atom is -0.462 e. The number of aryl methyl sites for hydroxylation is 1. The molecule has 1 N–H and O–H groups in total. The molecule has 0 unspecified atom stereocenters. The largest absolute Gasteiger partial charge is 0.462 e. The molecule has 0 bridgehead atoms. The van der Waals surface area contributed by atoms with Gasteiger partial charge in [-0.05, 0) is 43.6 Å². The van der Waals surface area contributed by atoms with Crippen molar-refractivity contribution in [1.82, 2.24) is 0 Å². The number of benzene rings is 1. The number of thioether (sulfide) groups is 1. The Labute approximate surface area is 118 Å². The van der Waals surface area contributed by atoms with Crippen molar-refractivity contribution in [3.8, 4) is 0 Å². The molecule has 0 atom stereocenters. The first-order valence-electron chi connectivity index (χ1n) is 6.52. The van der Waals surface area contributed by atoms with Crippen LogP contribution in [0.4, 0.5) is 0 Å². The van der Waals surface area contributed by atoms with Crippen LogP contribution in [0.3, 0.4) is 0 Å². The maximum Gasteiger partial charge on any atom is 0.338 e. The molecular weight excluding hydrogens is 258 g/mol. The first-order chi connectivity index (χ1) is 9.11. The van der Waals surface area contributed by atoms with Gasteiger partial charge in [-0.25, -0.2) is 4.79 Å². The number of hydrogen-bond donors (Lipinski definition) is 1. The van der Waals surface area contributed by atoms with E-state index in [0.717, 1.165) is 11.1 Å². The summed E-state index contributed by atoms with van der Waals surface area (Å²) in [6, 6.07) is 5.51. The van der Waals surface area contributed by atoms with Crippen LogP contribution in [0.5, 0.6) is 0 Å². The molecule has 3 nitrogen and oxygen atoms in total. The summed E-state index contributed by atoms with van der Waals surface area (Å²) >= 11 is 1.37. The fourth-order valence-corrected chi connectivity index (χ4v) is 2.39. The van der Waals surface area contributed by atoms with Crippen molar-refractivity contribution in [2.24, 2.45) is 5.92 Å². The summed E-state index contributed by atoms with van der Waals surface area (Å²) in [4.78, 5) is 12.1. The van der Waals surface area contributed by atoms with Crippen LogP contribution in [0.2, 0.25) is 0 Å². The van der Waals surface area contributed by atoms with Crippen molar-refractivity contribution in [2.75, 3.05) is 12.9 Å². The zero-order valence-electron chi connectivity index (χ0n) is 11.4. The van der Waals surface area contributed by atoms with E-state index in [4.69, 9.17) is 10.1 Å². The van der Waals surface area contributed by atoms with Crippen LogP contribution in [0.25, 0.3) is 0 Å². The molecule has 1 saturated carbocycles. The van der Waals surface area contributed by atoms with E-state index in [1.165, 1.54) is 31.0 Å². The van der Waals surface area contributed by atoms with Crippen LogP contribution < -0.4 is 0 Å². The summed E-state index contributed by atoms with van der Waals surface area (Å²) in [5, 5.41) is 8.27. The summed E-state index contributed by atoms with van der Waals surface area (Å²) in [6.45, 7) is 2.43. The maximum atomic E-state index is 12.1. The van der Waals surface area contributed by atoms with Gasteiger partial charge in [-0.1, -0.05) is 18.6 Å². The molecule has 1 aliphatic rings. The molecule has 0 amide bonds. The van der Waals surface area contributed by atoms with E-state index in [9.17, 15) is 4.79 Å². The van der Waals surface area contributed by atoms with E-state index >= 15 is 0 Å². The number of ether oxygens (including phenoxy) is 1. The van der Waals surface area contributed by atoms with E-state index in [0.29, 0.717) is 23.1 Å². The lowest BCUT2D eigenvalue weighted by atomic mass is 9.86. The van der Waals surface area contributed by atoms with Gasteiger partial charge in [0.2, 0.25) is 0 Å². The van der Waals surface area contributed by atoms with E-state index in [1.54, 1.807) is 6.07 Å². The fourth-order valence-electron chi connectivity index (χ4n) is 2.03. The Hall–Kier alpha value is -1.29. The number of hydrogen-bond acceptors (Lipinski definition) is 4. The van der Waals surface area contributed by atoms with Gasteiger partial charge in [0.15, 0.2) is 0 Å². The lowest BCUT2D eigenvalue weighted by Crippen LogP contribution is -2.20. The van der Waals surface area contributed by atoms with E-state index in [-0.39, 0.29) is 5.97 Å². The maximum absolute atomic E-state index is 12.1. The molecule has 0 heterocycles. The molecule has 1 aromatic carbocycles. The third-order valence-corrected chi connectivity index (χ3v) is 4.24. The van der Waals surface area contributed by atoms with Crippen LogP contribution in [-0.4, -0.2) is 23.9 Å². The summed E-state index contributed by atoms with van der Waals surface area (Å²) in [6.07, 6.45) is 5.45. The molecule has 0 saturated heterocycles. The van der Waals surface area contributed by atoms with Gasteiger partial charge in [0.25, 0.3) is 0 Å². The molecule has 2 rings (SSSR count). The average molecular weight is 277 g/mol. The minimum absolute atomic E-state index is 0.264. The van der Waals surface area contributed by atoms with Gasteiger partial charge >= 0.3 is 5.97 Å². The van der Waals surface area contributed by atoms with Crippen molar-refractivity contribution < 1.29 is 9.53 Å². The highest BCUT2D eigenvalue weighted by Gasteiger charge is 2.20. The van der Waals surface area contributed by atoms with Crippen molar-refractivity contribution in [2.45, 2.75) is 26.2 Å². The molecule has 0 aromatic heterocycles. The second-order valence-electron chi connectivity index (χ2n) is 4.96. The minimum atomic E-state index is -0.264. The van der Waals surface area contributed by atoms with Gasteiger partial charge in [-0.3, -0.25) is 5.41 Å². The zero-order chi connectivity index (χ0) is 13.8. The van der Waals surface area contributed by atoms with Gasteiger partial charge in [-0.15, -0.1) is 11.8 Å². The number of carbonyl (C=O) groups excluding carboxylic acids is 1. The lowest BCUT2D eigenvalue weighted by molar-refractivity contribution is 0.0370. The van der Waals surface area contributed by atoms with E-state index in [1.807, 2.05) is 25.3 Å². The first-order valence-corrected chi connectivity index (χ1v) is 7.75. The van der Waals surface area contributed by atoms with Crippen molar-refractivity contribution >= 4 is 22.8 Å². The van der Waals surface area contributed by atoms with Crippen molar-refractivity contribution in [1.29, 1.82) is 5.41 Å². The second-order valence-corrected chi connectivity index (χ2v) is 5.77. The molecular formula is C15H19NO2S. The lowest BCUT2D eigenvalue weighted by Gasteiger charge is -2.24. The molecule has 19 heavy (non-hydrogen) atoms. The third-order valence-electron chi connectivity index (χ3n) is 3.60. The van der Waals surface area contributed by atoms with Crippen LogP contribution in [0, 0.1) is 18.3 Å². The summed E-state index contributed by atoms with van der Waals surface area (Å²) in [5.74, 6) is 0.289. The number of rotatable bonds is 4. The fraction of sp³-hybridized carbons (Fsp3) is 0.467. The molecule has 0 aliphatic heterocycles. The van der Waals surface area contributed by atoms with Crippen LogP contribution in [0.15, 0.2) is 18.2 Å². The summed E-state index contributed by atoms with van der Waals surface area (Å²) < 4.78 is 5.36. The van der Waals surface area contributed by atoms with Gasteiger partial charge in [0.1, 0.15) is 0 Å². The smallest absolute Gasteiger partial charge is 0.338 e. The van der Waals surface area contributed by atoms with E-state index < -0.39 is 0 Å². The molecule has 0 spiro atoms. The zero-order valence-corrected chi connectivity index (χ0v) is 12.2. The summed E-state index contributed by atoms with van der Waals surface area (Å²) in [7, 11) is 0. The SMILES string of the molecule is CSC(=N)c1ccc(C)c(C(=O)OCC2CCC2)c1. The highest BCUT2D eigenvalue weighted by molar-refractivity contribution is 8.13. The van der Waals surface area contributed by atoms with Gasteiger partial charge in [0, 0.05) is 5.56 Å². The summed E-state index contributed by atoms with van der Waals surface area (Å²) in [5.41, 5.74) is 2.25. The molecule has 0 radical (unpaired) electrons. The Balaban J connectivity index is 2.08. The molecule has 1 aliphatic carbocycles. The van der Waals surface area contributed by atoms with Crippen LogP contribution >= 0.6 is 11.8 Å². The third kappa shape index (κ3) is 3.38. The second kappa shape index (κ2) is 6.24. The molecule has 102 valence electrons. The highest BCUT2D eigenvalue weighted by Crippen LogP contribution is 2.26. The van der Waals surface area contributed by atoms with Gasteiger partial charge in [-0.2, -0.15) is 0 Å². The van der Waals surface area contributed by atoms with Gasteiger partial charge < -0.3 is 4.74 Å². The number of esters is 1. The monoisotopic (exact) mass is 277 g/mol. The van der Waals surface area contributed by atoms with E-state index in [2.05, 4.69) is 0 Å². The van der Waals surface area contributed by atoms with Crippen LogP contribution in [0.1, 0.15) is 40.7 Å². The quantitative estimate of drug-likeness (QED) is 0.519. The Kier molecular flexibility index (Phi) is 4.64. The van der Waals surface area contributed by atoms with Crippen LogP contribution in [-0.2, 0) is 4.74 Å². The standard InChI is InChI=1S/C15H19NO2S/c1-10-6-7-12(14(16)19-2)8-13(10)15(17)18-9-11-4-3-5-11/h6-8,11,16H,3-5,9H2,1-2H3. The number of carbonyl (C=O) groups is 1. The predicted molar refractivity (Wildman–Crippen MR) is 79.1 cm³/mol. The Bertz CT molecular complexity index is 495. The van der Waals surface area contributed by atoms with Crippen molar-refractivity contribution in [3.05, 3.63) is 34.9 Å². The van der Waals surface area contributed by atoms with Gasteiger partial charge in [0.05, 0.1) is 17.2 Å². The molecule has 1 aromatic rings. The van der Waals surface area contributed by atoms with Crippen molar-refractivity contribution in [3.63, 3.8) is 0 Å². The molecule has 4 heteroatoms. The Morgan fingerprint density at radius 3 is 2.79 bits per heavy atom. The Morgan fingerprint density at radius 2 is 2.21 bits per heavy atom. The normalized spacial score (nSPS) is 14.8. The number of nitrogens with one attached hydrogen (secondary N) is 1. The Morgan fingerprint density at radius 1 is 1.47 bits per heavy atom. The predicted octanol–water partition coefficient (Wildman–Crippen LogP) is 3.64. The average Bonchev–Trinajstić information content (AvgIpc) is 2.36. The topological polar surface area (TPSA) is 50.2 Å². The first kappa shape index (κ1) is 14.1. The molecule has 1 fully saturated rings. The highest BCUT2D eigenvalue weighted by atomic mass is 32.2.